The van der Waals surface area contributed by atoms with Crippen LogP contribution in [-0.2, 0) is 4.79 Å². The molecule has 1 saturated carbocycles. The number of nitrogens with one attached hydrogen (secondary N) is 1. The number of amides is 2. The normalized spacial score (nSPS) is 33.0. The second-order valence-corrected chi connectivity index (χ2v) is 7.80. The number of likely N-dealkylation sites (tertiary alicyclic amines) is 1. The summed E-state index contributed by atoms with van der Waals surface area (Å²) in [4.78, 5) is 25.6. The predicted molar refractivity (Wildman–Crippen MR) is 84.7 cm³/mol. The molecule has 120 valence electrons. The number of thioether (sulfide) groups is 1. The minimum atomic E-state index is -1.06. The van der Waals surface area contributed by atoms with Gasteiger partial charge in [0.1, 0.15) is 5.54 Å². The Labute approximate surface area is 130 Å². The molecule has 0 aromatic heterocycles. The molecule has 2 aliphatic rings. The summed E-state index contributed by atoms with van der Waals surface area (Å²) >= 11 is 1.95. The molecule has 0 spiro atoms. The Morgan fingerprint density at radius 1 is 1.38 bits per heavy atom. The smallest absolute Gasteiger partial charge is 0.329 e. The summed E-state index contributed by atoms with van der Waals surface area (Å²) < 4.78 is 0. The monoisotopic (exact) mass is 314 g/mol. The summed E-state index contributed by atoms with van der Waals surface area (Å²) in [6, 6.07) is -0.00623. The maximum Gasteiger partial charge on any atom is 0.329 e. The Balaban J connectivity index is 1.94. The molecule has 1 aliphatic heterocycles. The first kappa shape index (κ1) is 16.5. The van der Waals surface area contributed by atoms with Gasteiger partial charge in [0.25, 0.3) is 0 Å². The van der Waals surface area contributed by atoms with Gasteiger partial charge in [0, 0.05) is 17.8 Å². The van der Waals surface area contributed by atoms with Crippen molar-refractivity contribution in [2.24, 2.45) is 0 Å². The highest BCUT2D eigenvalue weighted by Crippen LogP contribution is 2.31. The molecule has 2 rings (SSSR count). The molecule has 2 amide bonds. The topological polar surface area (TPSA) is 69.6 Å². The number of aliphatic carboxylic acids is 1. The first-order valence-electron chi connectivity index (χ1n) is 7.90. The maximum atomic E-state index is 12.5. The van der Waals surface area contributed by atoms with Crippen LogP contribution >= 0.6 is 11.8 Å². The summed E-state index contributed by atoms with van der Waals surface area (Å²) in [5, 5.41) is 13.2. The van der Waals surface area contributed by atoms with Crippen LogP contribution in [0.25, 0.3) is 0 Å². The lowest BCUT2D eigenvalue weighted by molar-refractivity contribution is -0.150. The summed E-state index contributed by atoms with van der Waals surface area (Å²) in [7, 11) is 0. The number of carbonyl (C=O) groups excluding carboxylic acids is 1. The van der Waals surface area contributed by atoms with Crippen LogP contribution in [0.3, 0.4) is 0 Å². The zero-order valence-electron chi connectivity index (χ0n) is 12.9. The van der Waals surface area contributed by atoms with Crippen LogP contribution < -0.4 is 5.32 Å². The van der Waals surface area contributed by atoms with Gasteiger partial charge < -0.3 is 15.3 Å². The Kier molecular flexibility index (Phi) is 5.41. The Morgan fingerprint density at radius 2 is 2.14 bits per heavy atom. The van der Waals surface area contributed by atoms with Crippen molar-refractivity contribution in [2.75, 3.05) is 12.3 Å². The second kappa shape index (κ2) is 6.90. The van der Waals surface area contributed by atoms with E-state index in [1.165, 1.54) is 4.90 Å². The third-order valence-electron chi connectivity index (χ3n) is 4.71. The average molecular weight is 314 g/mol. The molecule has 2 N–H and O–H groups in total. The van der Waals surface area contributed by atoms with E-state index in [9.17, 15) is 14.7 Å². The number of rotatable bonds is 4. The van der Waals surface area contributed by atoms with E-state index in [0.29, 0.717) is 18.2 Å². The van der Waals surface area contributed by atoms with Crippen LogP contribution in [0, 0.1) is 0 Å². The molecule has 0 radical (unpaired) electrons. The lowest BCUT2D eigenvalue weighted by atomic mass is 9.89. The zero-order chi connectivity index (χ0) is 15.5. The van der Waals surface area contributed by atoms with Gasteiger partial charge in [-0.3, -0.25) is 0 Å². The Morgan fingerprint density at radius 3 is 2.81 bits per heavy atom. The van der Waals surface area contributed by atoms with Gasteiger partial charge in [-0.2, -0.15) is 11.8 Å². The highest BCUT2D eigenvalue weighted by molar-refractivity contribution is 7.99. The van der Waals surface area contributed by atoms with Gasteiger partial charge in [-0.15, -0.1) is 0 Å². The Bertz CT molecular complexity index is 404. The first-order chi connectivity index (χ1) is 9.97. The second-order valence-electron chi connectivity index (χ2n) is 6.22. The van der Waals surface area contributed by atoms with Crippen molar-refractivity contribution in [3.05, 3.63) is 0 Å². The van der Waals surface area contributed by atoms with Gasteiger partial charge in [0.2, 0.25) is 0 Å². The number of carbonyl (C=O) groups is 2. The van der Waals surface area contributed by atoms with E-state index in [0.717, 1.165) is 37.9 Å². The molecule has 2 fully saturated rings. The molecule has 5 nitrogen and oxygen atoms in total. The number of piperidine rings is 1. The maximum absolute atomic E-state index is 12.5. The molecule has 0 bridgehead atoms. The van der Waals surface area contributed by atoms with Gasteiger partial charge >= 0.3 is 12.0 Å². The van der Waals surface area contributed by atoms with E-state index < -0.39 is 11.5 Å². The molecule has 0 aromatic rings. The number of carboxylic acid groups (broad SMARTS) is 1. The number of hydrogen-bond acceptors (Lipinski definition) is 3. The number of hydrogen-bond donors (Lipinski definition) is 2. The molecule has 6 heteroatoms. The molecule has 3 atom stereocenters. The van der Waals surface area contributed by atoms with E-state index >= 15 is 0 Å². The highest BCUT2D eigenvalue weighted by atomic mass is 32.2. The van der Waals surface area contributed by atoms with E-state index in [-0.39, 0.29) is 12.1 Å². The largest absolute Gasteiger partial charge is 0.480 e. The molecule has 1 heterocycles. The van der Waals surface area contributed by atoms with Crippen LogP contribution in [-0.4, -0.2) is 51.1 Å². The van der Waals surface area contributed by atoms with Gasteiger partial charge in [0.05, 0.1) is 0 Å². The summed E-state index contributed by atoms with van der Waals surface area (Å²) in [6.45, 7) is 4.36. The van der Waals surface area contributed by atoms with E-state index in [4.69, 9.17) is 0 Å². The van der Waals surface area contributed by atoms with Crippen molar-refractivity contribution >= 4 is 23.8 Å². The highest BCUT2D eigenvalue weighted by Gasteiger charge is 2.44. The van der Waals surface area contributed by atoms with Gasteiger partial charge in [-0.1, -0.05) is 6.92 Å². The van der Waals surface area contributed by atoms with Crippen molar-refractivity contribution < 1.29 is 14.7 Å². The Hall–Kier alpha value is -0.910. The van der Waals surface area contributed by atoms with Crippen LogP contribution in [0.4, 0.5) is 4.79 Å². The summed E-state index contributed by atoms with van der Waals surface area (Å²) in [5.41, 5.74) is -1.06. The predicted octanol–water partition coefficient (Wildman–Crippen LogP) is 2.70. The molecular formula is C15H26N2O3S. The molecule has 1 aliphatic carbocycles. The lowest BCUT2D eigenvalue weighted by Gasteiger charge is -2.41. The van der Waals surface area contributed by atoms with Crippen LogP contribution in [0.15, 0.2) is 0 Å². The van der Waals surface area contributed by atoms with Crippen molar-refractivity contribution in [3.63, 3.8) is 0 Å². The summed E-state index contributed by atoms with van der Waals surface area (Å²) in [5.74, 6) is 0.206. The van der Waals surface area contributed by atoms with Gasteiger partial charge in [-0.25, -0.2) is 9.59 Å². The van der Waals surface area contributed by atoms with Gasteiger partial charge in [0.15, 0.2) is 0 Å². The lowest BCUT2D eigenvalue weighted by Crippen LogP contribution is -2.60. The van der Waals surface area contributed by atoms with Crippen LogP contribution in [0.2, 0.25) is 0 Å². The molecular weight excluding hydrogens is 288 g/mol. The number of carboxylic acids is 1. The zero-order valence-corrected chi connectivity index (χ0v) is 13.7. The number of urea groups is 1. The molecule has 0 aromatic carbocycles. The number of nitrogens with zero attached hydrogens (tertiary/aromatic N) is 1. The fraction of sp³-hybridized carbons (Fsp3) is 0.867. The van der Waals surface area contributed by atoms with Crippen molar-refractivity contribution in [1.82, 2.24) is 10.2 Å². The molecule has 3 unspecified atom stereocenters. The first-order valence-corrected chi connectivity index (χ1v) is 8.95. The van der Waals surface area contributed by atoms with E-state index in [1.54, 1.807) is 6.92 Å². The van der Waals surface area contributed by atoms with Crippen molar-refractivity contribution in [1.29, 1.82) is 0 Å². The minimum Gasteiger partial charge on any atom is -0.480 e. The molecule has 1 saturated heterocycles. The fourth-order valence-electron chi connectivity index (χ4n) is 3.38. The van der Waals surface area contributed by atoms with Gasteiger partial charge in [-0.05, 0) is 51.2 Å². The quantitative estimate of drug-likeness (QED) is 0.837. The third kappa shape index (κ3) is 3.65. The van der Waals surface area contributed by atoms with E-state index in [2.05, 4.69) is 12.2 Å². The fourth-order valence-corrected chi connectivity index (χ4v) is 4.52. The average Bonchev–Trinajstić information content (AvgIpc) is 2.86. The van der Waals surface area contributed by atoms with Crippen LogP contribution in [0.5, 0.6) is 0 Å². The third-order valence-corrected chi connectivity index (χ3v) is 5.94. The van der Waals surface area contributed by atoms with Crippen LogP contribution in [0.1, 0.15) is 52.4 Å². The van der Waals surface area contributed by atoms with E-state index in [1.807, 2.05) is 11.8 Å². The minimum absolute atomic E-state index is 0.196. The van der Waals surface area contributed by atoms with Crippen molar-refractivity contribution in [2.45, 2.75) is 69.2 Å². The summed E-state index contributed by atoms with van der Waals surface area (Å²) in [6.07, 6.45) is 5.43. The standard InChI is InChI=1S/C15H26N2O3S/c1-3-21-12-7-6-11(10-12)16-14(20)17-9-5-4-8-15(17,2)13(18)19/h11-12H,3-10H2,1-2H3,(H,16,20)(H,18,19). The van der Waals surface area contributed by atoms with Crippen molar-refractivity contribution in [3.8, 4) is 0 Å². The molecule has 21 heavy (non-hydrogen) atoms. The SMILES string of the molecule is CCSC1CCC(NC(=O)N2CCCCC2(C)C(=O)O)C1.